The molecule has 86 heavy (non-hydrogen) atoms. The highest BCUT2D eigenvalue weighted by atomic mass is 15.1. The average molecular weight is 1180 g/mol. The molecule has 8 aromatic rings. The summed E-state index contributed by atoms with van der Waals surface area (Å²) in [6, 6.07) is 80.2. The third kappa shape index (κ3) is 49.6. The number of rotatable bonds is 8. The highest BCUT2D eigenvalue weighted by molar-refractivity contribution is 5.89. The Bertz CT molecular complexity index is 1950. The minimum Gasteiger partial charge on any atom is -0.310 e. The van der Waals surface area contributed by atoms with Crippen LogP contribution >= 0.6 is 0 Å². The molecule has 0 aliphatic rings. The molecule has 8 rings (SSSR count). The van der Waals surface area contributed by atoms with E-state index in [1.54, 1.807) is 0 Å². The fraction of sp³-hybridized carbons (Fsp3) is 0.429. The minimum atomic E-state index is 1.15. The summed E-state index contributed by atoms with van der Waals surface area (Å²) in [5.74, 6) is 0. The molecule has 492 valence electrons. The molecule has 0 radical (unpaired) electrons. The maximum atomic E-state index is 2.31. The Morgan fingerprint density at radius 2 is 0.267 bits per heavy atom. The third-order valence-corrected chi connectivity index (χ3v) is 8.52. The van der Waals surface area contributed by atoms with Gasteiger partial charge < -0.3 is 9.80 Å². The van der Waals surface area contributed by atoms with Gasteiger partial charge in [-0.15, -0.1) is 0 Å². The van der Waals surface area contributed by atoms with Gasteiger partial charge in [0.15, 0.2) is 0 Å². The first-order valence-corrected chi connectivity index (χ1v) is 35.0. The fourth-order valence-corrected chi connectivity index (χ4v) is 6.22. The number of hydrogen-bond acceptors (Lipinski definition) is 2. The molecule has 0 aliphatic carbocycles. The molecule has 2 heteroatoms. The number of para-hydroxylation sites is 6. The molecule has 0 aromatic heterocycles. The number of hydrogen-bond donors (Lipinski definition) is 0. The van der Waals surface area contributed by atoms with Gasteiger partial charge >= 0.3 is 0 Å². The van der Waals surface area contributed by atoms with Crippen LogP contribution in [0.1, 0.15) is 249 Å². The van der Waals surface area contributed by atoms with Crippen molar-refractivity contribution in [2.75, 3.05) is 9.80 Å². The van der Waals surface area contributed by atoms with Crippen LogP contribution in [-0.4, -0.2) is 0 Å². The van der Waals surface area contributed by atoms with Crippen molar-refractivity contribution in [3.63, 3.8) is 0 Å². The van der Waals surface area contributed by atoms with E-state index in [1.165, 1.54) is 33.6 Å². The Labute approximate surface area is 543 Å². The molecule has 0 unspecified atom stereocenters. The van der Waals surface area contributed by atoms with Crippen LogP contribution in [0.3, 0.4) is 0 Å². The summed E-state index contributed by atoms with van der Waals surface area (Å²) in [6.07, 6.45) is 0. The van der Waals surface area contributed by atoms with Gasteiger partial charge in [-0.2, -0.15) is 0 Å². The standard InChI is InChI=1S/2C24H19N.18C2H6/c2*1-4-12-20(13-5-1)23-18-10-11-19-24(23)25(21-14-6-2-7-15-21)22-16-8-3-9-17-22;18*1-2/h2*1-19H;18*1-2H3. The minimum absolute atomic E-state index is 1.15. The number of nitrogens with zero attached hydrogens (tertiary/aromatic N) is 2. The first-order chi connectivity index (χ1) is 42.9. The van der Waals surface area contributed by atoms with Crippen LogP contribution in [0.25, 0.3) is 22.3 Å². The Morgan fingerprint density at radius 1 is 0.140 bits per heavy atom. The van der Waals surface area contributed by atoms with Crippen molar-refractivity contribution >= 4 is 34.1 Å². The zero-order chi connectivity index (χ0) is 69.8. The molecule has 8 aromatic carbocycles. The van der Waals surface area contributed by atoms with E-state index in [0.717, 1.165) is 22.7 Å². The Morgan fingerprint density at radius 3 is 0.430 bits per heavy atom. The maximum Gasteiger partial charge on any atom is 0.0540 e. The van der Waals surface area contributed by atoms with Crippen molar-refractivity contribution < 1.29 is 0 Å². The van der Waals surface area contributed by atoms with Gasteiger partial charge in [0.2, 0.25) is 0 Å². The molecule has 0 amide bonds. The van der Waals surface area contributed by atoms with Gasteiger partial charge in [-0.25, -0.2) is 0 Å². The SMILES string of the molecule is CC.CC.CC.CC.CC.CC.CC.CC.CC.CC.CC.CC.CC.CC.CC.CC.CC.CC.c1ccc(-c2ccccc2N(c2ccccc2)c2ccccc2)cc1.c1ccc(-c2ccccc2N(c2ccccc2)c2ccccc2)cc1. The highest BCUT2D eigenvalue weighted by Gasteiger charge is 2.17. The van der Waals surface area contributed by atoms with E-state index in [4.69, 9.17) is 0 Å². The lowest BCUT2D eigenvalue weighted by Gasteiger charge is -2.27. The monoisotopic (exact) mass is 1180 g/mol. The van der Waals surface area contributed by atoms with Gasteiger partial charge in [0.05, 0.1) is 11.4 Å². The molecular formula is C84H146N2. The van der Waals surface area contributed by atoms with Crippen LogP contribution < -0.4 is 9.80 Å². The van der Waals surface area contributed by atoms with Crippen molar-refractivity contribution in [2.24, 2.45) is 0 Å². The predicted molar refractivity (Wildman–Crippen MR) is 417 cm³/mol. The predicted octanol–water partition coefficient (Wildman–Crippen LogP) is 32.1. The Balaban J connectivity index is -0.0000000838. The van der Waals surface area contributed by atoms with Crippen molar-refractivity contribution in [3.05, 3.63) is 231 Å². The van der Waals surface area contributed by atoms with Gasteiger partial charge in [0.25, 0.3) is 0 Å². The summed E-state index contributed by atoms with van der Waals surface area (Å²) in [5, 5.41) is 0. The van der Waals surface area contributed by atoms with Crippen LogP contribution in [0.15, 0.2) is 231 Å². The van der Waals surface area contributed by atoms with E-state index in [-0.39, 0.29) is 0 Å². The fourth-order valence-electron chi connectivity index (χ4n) is 6.22. The normalized spacial score (nSPS) is 7.30. The lowest BCUT2D eigenvalue weighted by molar-refractivity contribution is 1.28. The van der Waals surface area contributed by atoms with Gasteiger partial charge in [0.1, 0.15) is 0 Å². The molecule has 0 fully saturated rings. The first-order valence-electron chi connectivity index (χ1n) is 35.0. The first kappa shape index (κ1) is 107. The largest absolute Gasteiger partial charge is 0.310 e. The summed E-state index contributed by atoms with van der Waals surface area (Å²) in [4.78, 5) is 4.62. The molecule has 0 saturated carbocycles. The van der Waals surface area contributed by atoms with Gasteiger partial charge in [-0.3, -0.25) is 0 Å². The highest BCUT2D eigenvalue weighted by Crippen LogP contribution is 2.41. The third-order valence-electron chi connectivity index (χ3n) is 8.52. The summed E-state index contributed by atoms with van der Waals surface area (Å²) in [5.41, 5.74) is 11.8. The van der Waals surface area contributed by atoms with Gasteiger partial charge in [-0.05, 0) is 71.8 Å². The average Bonchev–Trinajstić information content (AvgIpc) is 2.43. The molecule has 0 atom stereocenters. The zero-order valence-electron chi connectivity index (χ0n) is 63.8. The molecule has 2 nitrogen and oxygen atoms in total. The second-order valence-electron chi connectivity index (χ2n) is 11.8. The quantitative estimate of drug-likeness (QED) is 0.150. The van der Waals surface area contributed by atoms with Crippen LogP contribution in [0.5, 0.6) is 0 Å². The second kappa shape index (κ2) is 103. The van der Waals surface area contributed by atoms with Crippen LogP contribution in [0.2, 0.25) is 0 Å². The van der Waals surface area contributed by atoms with Crippen molar-refractivity contribution in [1.82, 2.24) is 0 Å². The van der Waals surface area contributed by atoms with Crippen molar-refractivity contribution in [3.8, 4) is 22.3 Å². The van der Waals surface area contributed by atoms with E-state index in [0.29, 0.717) is 0 Å². The number of benzene rings is 8. The molecule has 0 aliphatic heterocycles. The molecule has 0 bridgehead atoms. The van der Waals surface area contributed by atoms with E-state index in [9.17, 15) is 0 Å². The summed E-state index contributed by atoms with van der Waals surface area (Å²) >= 11 is 0. The lowest BCUT2D eigenvalue weighted by Crippen LogP contribution is -2.10. The molecule has 0 heterocycles. The van der Waals surface area contributed by atoms with Crippen LogP contribution in [-0.2, 0) is 0 Å². The van der Waals surface area contributed by atoms with E-state index >= 15 is 0 Å². The van der Waals surface area contributed by atoms with E-state index < -0.39 is 0 Å². The van der Waals surface area contributed by atoms with Crippen molar-refractivity contribution in [2.45, 2.75) is 249 Å². The van der Waals surface area contributed by atoms with Crippen LogP contribution in [0.4, 0.5) is 34.1 Å². The topological polar surface area (TPSA) is 6.48 Å². The molecule has 0 N–H and O–H groups in total. The van der Waals surface area contributed by atoms with E-state index in [2.05, 4.69) is 240 Å². The number of anilines is 6. The van der Waals surface area contributed by atoms with E-state index in [1.807, 2.05) is 249 Å². The smallest absolute Gasteiger partial charge is 0.0540 e. The summed E-state index contributed by atoms with van der Waals surface area (Å²) in [7, 11) is 0. The summed E-state index contributed by atoms with van der Waals surface area (Å²) in [6.45, 7) is 72.0. The van der Waals surface area contributed by atoms with Crippen LogP contribution in [0, 0.1) is 0 Å². The van der Waals surface area contributed by atoms with Gasteiger partial charge in [-0.1, -0.05) is 419 Å². The zero-order valence-corrected chi connectivity index (χ0v) is 63.8. The maximum absolute atomic E-state index is 2.31. The Hall–Kier alpha value is -6.64. The molecular weight excluding hydrogens is 1040 g/mol. The molecule has 0 spiro atoms. The summed E-state index contributed by atoms with van der Waals surface area (Å²) < 4.78 is 0. The molecule has 0 saturated heterocycles. The second-order valence-corrected chi connectivity index (χ2v) is 11.8. The van der Waals surface area contributed by atoms with Gasteiger partial charge in [0, 0.05) is 33.9 Å². The van der Waals surface area contributed by atoms with Crippen molar-refractivity contribution in [1.29, 1.82) is 0 Å². The Kier molecular flexibility index (Phi) is 129. The lowest BCUT2D eigenvalue weighted by atomic mass is 10.0.